The Morgan fingerprint density at radius 2 is 1.42 bits per heavy atom. The monoisotopic (exact) mass is 414 g/mol. The molecule has 3 nitrogen and oxygen atoms in total. The number of ether oxygens (including phenoxy) is 1. The van der Waals surface area contributed by atoms with Crippen molar-refractivity contribution in [3.05, 3.63) is 95.6 Å². The Balaban J connectivity index is 1.94. The van der Waals surface area contributed by atoms with E-state index >= 15 is 0 Å². The molecule has 1 N–H and O–H groups in total. The van der Waals surface area contributed by atoms with Gasteiger partial charge in [-0.3, -0.25) is 0 Å². The van der Waals surface area contributed by atoms with Gasteiger partial charge in [-0.1, -0.05) is 61.5 Å². The molecule has 0 fully saturated rings. The Bertz CT molecular complexity index is 958. The number of hydrogen-bond donors (Lipinski definition) is 1. The number of rotatable bonds is 10. The third-order valence-corrected chi connectivity index (χ3v) is 5.44. The van der Waals surface area contributed by atoms with Crippen LogP contribution in [0.2, 0.25) is 0 Å². The molecular weight excluding hydrogens is 380 g/mol. The summed E-state index contributed by atoms with van der Waals surface area (Å²) in [5.41, 5.74) is 7.48. The first-order valence-corrected chi connectivity index (χ1v) is 11.0. The standard InChI is InChI=1S/C28H34N2O/c1-5-27(22-14-18-26(31-4)19-15-22)28(23-10-7-6-8-11-23)24-12-16-25(17-13-24)29-20-9-21-30(2)3/h6-8,10-19,29H,5,9,20-21H2,1-4H3/b28-27-. The lowest BCUT2D eigenvalue weighted by Crippen LogP contribution is -2.16. The van der Waals surface area contributed by atoms with Gasteiger partial charge in [-0.2, -0.15) is 0 Å². The Morgan fingerprint density at radius 1 is 0.806 bits per heavy atom. The van der Waals surface area contributed by atoms with Crippen LogP contribution in [0.25, 0.3) is 11.1 Å². The van der Waals surface area contributed by atoms with E-state index in [0.717, 1.165) is 37.4 Å². The van der Waals surface area contributed by atoms with Crippen LogP contribution in [0.1, 0.15) is 36.5 Å². The lowest BCUT2D eigenvalue weighted by atomic mass is 9.88. The van der Waals surface area contributed by atoms with E-state index in [2.05, 4.69) is 98.0 Å². The number of nitrogens with one attached hydrogen (secondary N) is 1. The highest BCUT2D eigenvalue weighted by molar-refractivity contribution is 5.98. The first-order chi connectivity index (χ1) is 15.1. The highest BCUT2D eigenvalue weighted by Crippen LogP contribution is 2.35. The maximum Gasteiger partial charge on any atom is 0.118 e. The molecule has 0 radical (unpaired) electrons. The van der Waals surface area contributed by atoms with Crippen LogP contribution in [0.3, 0.4) is 0 Å². The number of hydrogen-bond acceptors (Lipinski definition) is 3. The summed E-state index contributed by atoms with van der Waals surface area (Å²) < 4.78 is 5.35. The Hall–Kier alpha value is -3.04. The Kier molecular flexibility index (Phi) is 8.31. The van der Waals surface area contributed by atoms with Crippen molar-refractivity contribution in [3.8, 4) is 5.75 Å². The fraction of sp³-hybridized carbons (Fsp3) is 0.286. The van der Waals surface area contributed by atoms with Crippen molar-refractivity contribution >= 4 is 16.8 Å². The van der Waals surface area contributed by atoms with Crippen molar-refractivity contribution in [2.75, 3.05) is 39.6 Å². The number of nitrogens with zero attached hydrogens (tertiary/aromatic N) is 1. The van der Waals surface area contributed by atoms with E-state index in [1.165, 1.54) is 27.8 Å². The predicted octanol–water partition coefficient (Wildman–Crippen LogP) is 6.43. The van der Waals surface area contributed by atoms with Gasteiger partial charge in [0.25, 0.3) is 0 Å². The molecule has 3 aromatic carbocycles. The SMILES string of the molecule is CC/C(=C(\c1ccccc1)c1ccc(NCCCN(C)C)cc1)c1ccc(OC)cc1. The first kappa shape index (κ1) is 22.6. The number of methoxy groups -OCH3 is 1. The van der Waals surface area contributed by atoms with Gasteiger partial charge in [0, 0.05) is 12.2 Å². The zero-order valence-electron chi connectivity index (χ0n) is 19.2. The summed E-state index contributed by atoms with van der Waals surface area (Å²) in [5.74, 6) is 0.880. The molecule has 31 heavy (non-hydrogen) atoms. The molecule has 3 heteroatoms. The fourth-order valence-corrected chi connectivity index (χ4v) is 3.82. The van der Waals surface area contributed by atoms with Crippen LogP contribution in [0.15, 0.2) is 78.9 Å². The van der Waals surface area contributed by atoms with E-state index in [1.54, 1.807) is 7.11 Å². The van der Waals surface area contributed by atoms with Crippen molar-refractivity contribution < 1.29 is 4.74 Å². The summed E-state index contributed by atoms with van der Waals surface area (Å²) in [4.78, 5) is 2.22. The maximum atomic E-state index is 5.35. The molecule has 0 bridgehead atoms. The van der Waals surface area contributed by atoms with Gasteiger partial charge in [0.2, 0.25) is 0 Å². The molecule has 0 aliphatic heterocycles. The topological polar surface area (TPSA) is 24.5 Å². The smallest absolute Gasteiger partial charge is 0.118 e. The summed E-state index contributed by atoms with van der Waals surface area (Å²) in [5, 5.41) is 3.54. The number of allylic oxidation sites excluding steroid dienone is 1. The highest BCUT2D eigenvalue weighted by Gasteiger charge is 2.13. The number of benzene rings is 3. The zero-order valence-corrected chi connectivity index (χ0v) is 19.2. The third-order valence-electron chi connectivity index (χ3n) is 5.44. The van der Waals surface area contributed by atoms with E-state index in [9.17, 15) is 0 Å². The van der Waals surface area contributed by atoms with Gasteiger partial charge in [0.15, 0.2) is 0 Å². The second-order valence-electron chi connectivity index (χ2n) is 7.96. The second kappa shape index (κ2) is 11.4. The first-order valence-electron chi connectivity index (χ1n) is 11.0. The molecule has 0 aliphatic carbocycles. The van der Waals surface area contributed by atoms with Gasteiger partial charge in [-0.15, -0.1) is 0 Å². The molecule has 0 saturated heterocycles. The Labute approximate surface area is 187 Å². The van der Waals surface area contributed by atoms with E-state index in [0.29, 0.717) is 0 Å². The summed E-state index contributed by atoms with van der Waals surface area (Å²) in [6, 6.07) is 27.9. The summed E-state index contributed by atoms with van der Waals surface area (Å²) in [6.07, 6.45) is 2.07. The van der Waals surface area contributed by atoms with Gasteiger partial charge in [0.05, 0.1) is 7.11 Å². The molecular formula is C28H34N2O. The quantitative estimate of drug-likeness (QED) is 0.306. The second-order valence-corrected chi connectivity index (χ2v) is 7.96. The van der Waals surface area contributed by atoms with Crippen LogP contribution >= 0.6 is 0 Å². The lowest BCUT2D eigenvalue weighted by molar-refractivity contribution is 0.405. The third kappa shape index (κ3) is 6.22. The van der Waals surface area contributed by atoms with E-state index in [-0.39, 0.29) is 0 Å². The van der Waals surface area contributed by atoms with Crippen LogP contribution in [-0.4, -0.2) is 39.2 Å². The van der Waals surface area contributed by atoms with E-state index in [4.69, 9.17) is 4.74 Å². The molecule has 0 saturated carbocycles. The van der Waals surface area contributed by atoms with E-state index < -0.39 is 0 Å². The van der Waals surface area contributed by atoms with Crippen LogP contribution in [-0.2, 0) is 0 Å². The van der Waals surface area contributed by atoms with Crippen molar-refractivity contribution in [2.24, 2.45) is 0 Å². The average molecular weight is 415 g/mol. The van der Waals surface area contributed by atoms with Gasteiger partial charge in [0.1, 0.15) is 5.75 Å². The summed E-state index contributed by atoms with van der Waals surface area (Å²) in [6.45, 7) is 4.29. The van der Waals surface area contributed by atoms with Crippen LogP contribution in [0.4, 0.5) is 5.69 Å². The summed E-state index contributed by atoms with van der Waals surface area (Å²) >= 11 is 0. The van der Waals surface area contributed by atoms with Crippen molar-refractivity contribution in [1.29, 1.82) is 0 Å². The van der Waals surface area contributed by atoms with Gasteiger partial charge < -0.3 is 15.0 Å². The minimum Gasteiger partial charge on any atom is -0.497 e. The average Bonchev–Trinajstić information content (AvgIpc) is 2.81. The normalized spacial score (nSPS) is 11.9. The van der Waals surface area contributed by atoms with Crippen LogP contribution in [0, 0.1) is 0 Å². The van der Waals surface area contributed by atoms with Gasteiger partial charge >= 0.3 is 0 Å². The van der Waals surface area contributed by atoms with Crippen LogP contribution < -0.4 is 10.1 Å². The van der Waals surface area contributed by atoms with Crippen molar-refractivity contribution in [3.63, 3.8) is 0 Å². The van der Waals surface area contributed by atoms with Crippen molar-refractivity contribution in [1.82, 2.24) is 4.90 Å². The molecule has 162 valence electrons. The molecule has 3 aromatic rings. The van der Waals surface area contributed by atoms with Gasteiger partial charge in [-0.05, 0) is 85.6 Å². The molecule has 0 amide bonds. The van der Waals surface area contributed by atoms with Gasteiger partial charge in [-0.25, -0.2) is 0 Å². The fourth-order valence-electron chi connectivity index (χ4n) is 3.82. The van der Waals surface area contributed by atoms with E-state index in [1.807, 2.05) is 12.1 Å². The highest BCUT2D eigenvalue weighted by atomic mass is 16.5. The molecule has 0 atom stereocenters. The maximum absolute atomic E-state index is 5.35. The minimum absolute atomic E-state index is 0.880. The van der Waals surface area contributed by atoms with Crippen molar-refractivity contribution in [2.45, 2.75) is 19.8 Å². The lowest BCUT2D eigenvalue weighted by Gasteiger charge is -2.17. The predicted molar refractivity (Wildman–Crippen MR) is 134 cm³/mol. The molecule has 0 heterocycles. The number of anilines is 1. The molecule has 0 aliphatic rings. The molecule has 3 rings (SSSR count). The minimum atomic E-state index is 0.880. The Morgan fingerprint density at radius 3 is 2.00 bits per heavy atom. The molecule has 0 spiro atoms. The zero-order chi connectivity index (χ0) is 22.1. The molecule has 0 unspecified atom stereocenters. The summed E-state index contributed by atoms with van der Waals surface area (Å²) in [7, 11) is 5.93. The van der Waals surface area contributed by atoms with Crippen LogP contribution in [0.5, 0.6) is 5.75 Å². The molecule has 0 aromatic heterocycles. The largest absolute Gasteiger partial charge is 0.497 e.